The smallest absolute Gasteiger partial charge is 0.300 e. The Bertz CT molecular complexity index is 1770. The number of aromatic nitrogens is 3. The van der Waals surface area contributed by atoms with Crippen LogP contribution >= 0.6 is 11.3 Å². The first-order valence-corrected chi connectivity index (χ1v) is 16.2. The van der Waals surface area contributed by atoms with Crippen molar-refractivity contribution in [2.24, 2.45) is 0 Å². The predicted octanol–water partition coefficient (Wildman–Crippen LogP) is 6.31. The van der Waals surface area contributed by atoms with Crippen molar-refractivity contribution >= 4 is 43.6 Å². The molecule has 12 heteroatoms. The second-order valence-electron chi connectivity index (χ2n) is 9.65. The van der Waals surface area contributed by atoms with Gasteiger partial charge in [-0.1, -0.05) is 18.9 Å². The number of fused-ring (bicyclic) bond motifs is 1. The zero-order valence-corrected chi connectivity index (χ0v) is 25.8. The van der Waals surface area contributed by atoms with Gasteiger partial charge >= 0.3 is 10.1 Å². The number of hydrogen-bond donors (Lipinski definition) is 1. The lowest BCUT2D eigenvalue weighted by Crippen LogP contribution is -2.26. The molecule has 3 heterocycles. The Kier molecular flexibility index (Phi) is 9.89. The maximum absolute atomic E-state index is 13.1. The van der Waals surface area contributed by atoms with Gasteiger partial charge in [-0.05, 0) is 68.0 Å². The van der Waals surface area contributed by atoms with Gasteiger partial charge in [0.05, 0.1) is 35.8 Å². The minimum Gasteiger partial charge on any atom is -0.460 e. The summed E-state index contributed by atoms with van der Waals surface area (Å²) >= 11 is 1.48. The summed E-state index contributed by atoms with van der Waals surface area (Å²) in [6.07, 6.45) is 9.24. The standard InChI is InChI=1S/C31H32N4O6S2/c1-4-16-39-43(36,37)26-15-12-21(2)30(31(26)41-29-11-7-8-17-38-29)40-23-13-14-24-25(18-23)42-28(35-24)10-6-5-9-22-19-34-27(32-3)20-33-22/h6,10,12-15,18-20,29H,4,7-8,11,16-17H2,1-3H3,(H,32,34). The molecule has 0 aliphatic carbocycles. The molecule has 4 aromatic rings. The number of hydrogen-bond acceptors (Lipinski definition) is 11. The highest BCUT2D eigenvalue weighted by molar-refractivity contribution is 7.86. The largest absolute Gasteiger partial charge is 0.460 e. The summed E-state index contributed by atoms with van der Waals surface area (Å²) in [5.41, 5.74) is 2.07. The van der Waals surface area contributed by atoms with Crippen LogP contribution in [0.3, 0.4) is 0 Å². The third-order valence-corrected chi connectivity index (χ3v) is 8.71. The average Bonchev–Trinajstić information content (AvgIpc) is 3.43. The molecule has 0 spiro atoms. The van der Waals surface area contributed by atoms with Crippen LogP contribution in [-0.2, 0) is 19.0 Å². The number of nitrogens with one attached hydrogen (secondary N) is 1. The molecule has 1 aliphatic heterocycles. The van der Waals surface area contributed by atoms with Crippen LogP contribution in [0, 0.1) is 18.8 Å². The molecule has 0 radical (unpaired) electrons. The van der Waals surface area contributed by atoms with Crippen LogP contribution in [0.15, 0.2) is 53.7 Å². The monoisotopic (exact) mass is 620 g/mol. The highest BCUT2D eigenvalue weighted by Crippen LogP contribution is 2.42. The summed E-state index contributed by atoms with van der Waals surface area (Å²) in [7, 11) is -2.32. The fourth-order valence-corrected chi connectivity index (χ4v) is 6.21. The molecule has 0 amide bonds. The van der Waals surface area contributed by atoms with Gasteiger partial charge in [0.1, 0.15) is 27.2 Å². The van der Waals surface area contributed by atoms with E-state index in [0.29, 0.717) is 48.0 Å². The molecule has 2 aromatic heterocycles. The van der Waals surface area contributed by atoms with Gasteiger partial charge in [-0.2, -0.15) is 8.42 Å². The minimum atomic E-state index is -4.10. The maximum atomic E-state index is 13.1. The van der Waals surface area contributed by atoms with Gasteiger partial charge in [0.15, 0.2) is 17.8 Å². The van der Waals surface area contributed by atoms with Gasteiger partial charge in [-0.3, -0.25) is 4.18 Å². The summed E-state index contributed by atoms with van der Waals surface area (Å²) in [5, 5.41) is 3.69. The zero-order valence-electron chi connectivity index (χ0n) is 24.1. The number of benzene rings is 2. The highest BCUT2D eigenvalue weighted by atomic mass is 32.2. The maximum Gasteiger partial charge on any atom is 0.300 e. The normalized spacial score (nSPS) is 15.3. The van der Waals surface area contributed by atoms with E-state index in [4.69, 9.17) is 18.4 Å². The fourth-order valence-electron chi connectivity index (χ4n) is 4.20. The Morgan fingerprint density at radius 1 is 1.16 bits per heavy atom. The first-order chi connectivity index (χ1) is 20.9. The second-order valence-corrected chi connectivity index (χ2v) is 12.3. The molecule has 0 saturated carbocycles. The van der Waals surface area contributed by atoms with E-state index in [9.17, 15) is 8.42 Å². The average molecular weight is 621 g/mol. The minimum absolute atomic E-state index is 0.0635. The second kappa shape index (κ2) is 14.0. The van der Waals surface area contributed by atoms with Gasteiger partial charge in [-0.15, -0.1) is 11.3 Å². The Hall–Kier alpha value is -4.02. The van der Waals surface area contributed by atoms with Crippen molar-refractivity contribution in [3.8, 4) is 29.1 Å². The number of ether oxygens (including phenoxy) is 3. The summed E-state index contributed by atoms with van der Waals surface area (Å²) in [4.78, 5) is 13.0. The van der Waals surface area contributed by atoms with Crippen LogP contribution < -0.4 is 14.8 Å². The van der Waals surface area contributed by atoms with E-state index < -0.39 is 16.4 Å². The van der Waals surface area contributed by atoms with E-state index in [1.54, 1.807) is 37.7 Å². The molecule has 224 valence electrons. The topological polar surface area (TPSA) is 122 Å². The summed E-state index contributed by atoms with van der Waals surface area (Å²) in [6.45, 7) is 4.29. The van der Waals surface area contributed by atoms with E-state index in [2.05, 4.69) is 32.1 Å². The molecule has 1 unspecified atom stereocenters. The Balaban J connectivity index is 1.40. The molecule has 10 nitrogen and oxygen atoms in total. The zero-order chi connectivity index (χ0) is 30.2. The number of thiazole rings is 1. The third-order valence-electron chi connectivity index (χ3n) is 6.39. The SMILES string of the molecule is CCCOS(=O)(=O)c1ccc(C)c(Oc2ccc3nc(C=CC#Cc4cnc(NC)cn4)sc3c2)c1OC1CCCCO1. The quantitative estimate of drug-likeness (QED) is 0.159. The summed E-state index contributed by atoms with van der Waals surface area (Å²) < 4.78 is 50.7. The highest BCUT2D eigenvalue weighted by Gasteiger charge is 2.29. The van der Waals surface area contributed by atoms with Crippen molar-refractivity contribution < 1.29 is 26.8 Å². The van der Waals surface area contributed by atoms with Crippen LogP contribution in [0.5, 0.6) is 17.2 Å². The van der Waals surface area contributed by atoms with Crippen LogP contribution in [0.25, 0.3) is 16.3 Å². The third kappa shape index (κ3) is 7.69. The molecule has 1 saturated heterocycles. The molecule has 0 bridgehead atoms. The fraction of sp³-hybridized carbons (Fsp3) is 0.323. The molecule has 1 fully saturated rings. The van der Waals surface area contributed by atoms with Gasteiger partial charge in [-0.25, -0.2) is 15.0 Å². The first-order valence-electron chi connectivity index (χ1n) is 13.9. The molecular formula is C31H32N4O6S2. The Morgan fingerprint density at radius 2 is 2.05 bits per heavy atom. The Labute approximate surface area is 255 Å². The Morgan fingerprint density at radius 3 is 2.79 bits per heavy atom. The van der Waals surface area contributed by atoms with Crippen molar-refractivity contribution in [3.63, 3.8) is 0 Å². The molecule has 5 rings (SSSR count). The number of aryl methyl sites for hydroxylation is 1. The van der Waals surface area contributed by atoms with Crippen molar-refractivity contribution in [3.05, 3.63) is 65.1 Å². The molecule has 1 N–H and O–H groups in total. The van der Waals surface area contributed by atoms with Crippen LogP contribution in [0.2, 0.25) is 0 Å². The van der Waals surface area contributed by atoms with E-state index in [1.165, 1.54) is 17.4 Å². The molecular weight excluding hydrogens is 588 g/mol. The summed E-state index contributed by atoms with van der Waals surface area (Å²) in [5.74, 6) is 7.47. The molecule has 43 heavy (non-hydrogen) atoms. The van der Waals surface area contributed by atoms with Crippen molar-refractivity contribution in [2.45, 2.75) is 50.7 Å². The number of allylic oxidation sites excluding steroid dienone is 1. The first kappa shape index (κ1) is 30.4. The van der Waals surface area contributed by atoms with E-state index >= 15 is 0 Å². The lowest BCUT2D eigenvalue weighted by molar-refractivity contribution is -0.107. The number of anilines is 1. The van der Waals surface area contributed by atoms with Gasteiger partial charge in [0.2, 0.25) is 0 Å². The van der Waals surface area contributed by atoms with Crippen LogP contribution in [-0.4, -0.2) is 49.9 Å². The van der Waals surface area contributed by atoms with Crippen LogP contribution in [0.4, 0.5) is 5.82 Å². The van der Waals surface area contributed by atoms with E-state index in [1.807, 2.05) is 32.1 Å². The van der Waals surface area contributed by atoms with Crippen molar-refractivity contribution in [1.82, 2.24) is 15.0 Å². The van der Waals surface area contributed by atoms with Crippen molar-refractivity contribution in [1.29, 1.82) is 0 Å². The molecule has 1 atom stereocenters. The summed E-state index contributed by atoms with van der Waals surface area (Å²) in [6, 6.07) is 8.68. The predicted molar refractivity (Wildman–Crippen MR) is 166 cm³/mol. The lowest BCUT2D eigenvalue weighted by atomic mass is 10.2. The molecule has 2 aromatic carbocycles. The number of nitrogens with zero attached hydrogens (tertiary/aromatic N) is 3. The van der Waals surface area contributed by atoms with E-state index in [-0.39, 0.29) is 17.3 Å². The lowest BCUT2D eigenvalue weighted by Gasteiger charge is -2.26. The van der Waals surface area contributed by atoms with E-state index in [0.717, 1.165) is 28.1 Å². The van der Waals surface area contributed by atoms with Gasteiger partial charge in [0, 0.05) is 19.5 Å². The van der Waals surface area contributed by atoms with Crippen LogP contribution in [0.1, 0.15) is 48.9 Å². The van der Waals surface area contributed by atoms with Crippen molar-refractivity contribution in [2.75, 3.05) is 25.6 Å². The molecule has 1 aliphatic rings. The van der Waals surface area contributed by atoms with Gasteiger partial charge in [0.25, 0.3) is 0 Å². The van der Waals surface area contributed by atoms with Gasteiger partial charge < -0.3 is 19.5 Å². The number of rotatable bonds is 10.